The van der Waals surface area contributed by atoms with Gasteiger partial charge in [0.15, 0.2) is 0 Å². The Balaban J connectivity index is 1.66. The average molecular weight is 325 g/mol. The maximum Gasteiger partial charge on any atom is 0.325 e. The number of para-hydroxylation sites is 1. The summed E-state index contributed by atoms with van der Waals surface area (Å²) >= 11 is 1.41. The molecular weight excluding hydrogens is 310 g/mol. The van der Waals surface area contributed by atoms with Crippen molar-refractivity contribution in [1.29, 1.82) is 0 Å². The van der Waals surface area contributed by atoms with E-state index in [1.807, 2.05) is 55.5 Å². The molecule has 1 aromatic heterocycles. The van der Waals surface area contributed by atoms with Gasteiger partial charge in [-0.1, -0.05) is 41.2 Å². The molecule has 0 aliphatic heterocycles. The van der Waals surface area contributed by atoms with Crippen molar-refractivity contribution in [2.45, 2.75) is 6.92 Å². The molecule has 0 saturated heterocycles. The van der Waals surface area contributed by atoms with Crippen molar-refractivity contribution in [2.75, 3.05) is 5.32 Å². The normalized spacial score (nSPS) is 11.4. The fourth-order valence-corrected chi connectivity index (χ4v) is 2.80. The number of nitrogens with one attached hydrogen (secondary N) is 2. The highest BCUT2D eigenvalue weighted by Crippen LogP contribution is 2.27. The second kappa shape index (κ2) is 6.45. The molecule has 0 unspecified atom stereocenters. The summed E-state index contributed by atoms with van der Waals surface area (Å²) in [7, 11) is 0. The zero-order valence-corrected chi connectivity index (χ0v) is 13.2. The van der Waals surface area contributed by atoms with E-state index in [9.17, 15) is 4.79 Å². The van der Waals surface area contributed by atoms with Gasteiger partial charge >= 0.3 is 6.03 Å². The first-order chi connectivity index (χ1) is 11.1. The fraction of sp³-hybridized carbons (Fsp3) is 0.0625. The molecule has 7 heteroatoms. The molecule has 0 fully saturated rings. The number of amides is 2. The molecule has 2 amide bonds. The number of rotatable bonds is 2. The summed E-state index contributed by atoms with van der Waals surface area (Å²) in [6, 6.07) is 14.7. The van der Waals surface area contributed by atoms with E-state index in [0.717, 1.165) is 15.8 Å². The molecule has 3 rings (SSSR count). The van der Waals surface area contributed by atoms with Crippen LogP contribution in [-0.2, 0) is 0 Å². The summed E-state index contributed by atoms with van der Waals surface area (Å²) in [4.78, 5) is 20.3. The summed E-state index contributed by atoms with van der Waals surface area (Å²) in [6.45, 7) is 1.98. The minimum Gasteiger partial charge on any atom is -0.369 e. The number of nitrogens with two attached hydrogens (primary N) is 1. The predicted molar refractivity (Wildman–Crippen MR) is 94.2 cm³/mol. The van der Waals surface area contributed by atoms with Crippen molar-refractivity contribution in [2.24, 2.45) is 10.7 Å². The summed E-state index contributed by atoms with van der Waals surface area (Å²) in [5, 5.41) is 5.66. The Bertz CT molecular complexity index is 837. The van der Waals surface area contributed by atoms with Crippen LogP contribution in [0.15, 0.2) is 53.5 Å². The quantitative estimate of drug-likeness (QED) is 0.498. The Morgan fingerprint density at radius 1 is 1.17 bits per heavy atom. The predicted octanol–water partition coefficient (Wildman–Crippen LogP) is 3.37. The van der Waals surface area contributed by atoms with E-state index in [4.69, 9.17) is 5.73 Å². The molecule has 116 valence electrons. The maximum atomic E-state index is 11.9. The molecular formula is C16H15N5OS. The Labute approximate surface area is 137 Å². The van der Waals surface area contributed by atoms with Crippen LogP contribution in [0.2, 0.25) is 0 Å². The van der Waals surface area contributed by atoms with Gasteiger partial charge in [-0.15, -0.1) is 0 Å². The van der Waals surface area contributed by atoms with Gasteiger partial charge in [0.1, 0.15) is 0 Å². The standard InChI is InChI=1S/C16H15N5OS/c1-10-6-8-11(9-7-10)18-15(22)20-14(17)21-16-19-12-4-2-3-5-13(12)23-16/h2-9H,1H3,(H4,17,18,19,20,21,22). The van der Waals surface area contributed by atoms with Crippen molar-refractivity contribution >= 4 is 44.4 Å². The van der Waals surface area contributed by atoms with Gasteiger partial charge in [0.25, 0.3) is 0 Å². The van der Waals surface area contributed by atoms with Crippen molar-refractivity contribution < 1.29 is 4.79 Å². The number of urea groups is 1. The van der Waals surface area contributed by atoms with E-state index in [-0.39, 0.29) is 5.96 Å². The second-order valence-corrected chi connectivity index (χ2v) is 5.92. The van der Waals surface area contributed by atoms with Crippen LogP contribution in [0.1, 0.15) is 5.56 Å². The number of aromatic nitrogens is 1. The van der Waals surface area contributed by atoms with E-state index < -0.39 is 6.03 Å². The van der Waals surface area contributed by atoms with Crippen LogP contribution in [0.3, 0.4) is 0 Å². The highest BCUT2D eigenvalue weighted by molar-refractivity contribution is 7.22. The first kappa shape index (κ1) is 15.0. The van der Waals surface area contributed by atoms with E-state index in [2.05, 4.69) is 20.6 Å². The smallest absolute Gasteiger partial charge is 0.325 e. The minimum atomic E-state index is -0.448. The van der Waals surface area contributed by atoms with E-state index in [1.165, 1.54) is 11.3 Å². The molecule has 0 bridgehead atoms. The van der Waals surface area contributed by atoms with Crippen molar-refractivity contribution in [3.05, 3.63) is 54.1 Å². The van der Waals surface area contributed by atoms with Crippen molar-refractivity contribution in [3.63, 3.8) is 0 Å². The number of fused-ring (bicyclic) bond motifs is 1. The van der Waals surface area contributed by atoms with E-state index in [1.54, 1.807) is 0 Å². The van der Waals surface area contributed by atoms with Crippen molar-refractivity contribution in [1.82, 2.24) is 10.3 Å². The van der Waals surface area contributed by atoms with E-state index in [0.29, 0.717) is 10.8 Å². The number of nitrogens with zero attached hydrogens (tertiary/aromatic N) is 2. The fourth-order valence-electron chi connectivity index (χ4n) is 1.95. The van der Waals surface area contributed by atoms with Crippen LogP contribution in [0.25, 0.3) is 10.2 Å². The zero-order valence-electron chi connectivity index (χ0n) is 12.4. The number of guanidine groups is 1. The zero-order chi connectivity index (χ0) is 16.2. The van der Waals surface area contributed by atoms with Gasteiger partial charge in [0.05, 0.1) is 10.2 Å². The molecule has 0 radical (unpaired) electrons. The summed E-state index contributed by atoms with van der Waals surface area (Å²) in [5.74, 6) is -0.00586. The highest BCUT2D eigenvalue weighted by Gasteiger charge is 2.06. The van der Waals surface area contributed by atoms with Gasteiger partial charge < -0.3 is 11.1 Å². The molecule has 2 aromatic carbocycles. The molecule has 0 aliphatic rings. The summed E-state index contributed by atoms with van der Waals surface area (Å²) in [6.07, 6.45) is 0. The monoisotopic (exact) mass is 325 g/mol. The molecule has 0 saturated carbocycles. The van der Waals surface area contributed by atoms with Gasteiger partial charge in [-0.2, -0.15) is 4.99 Å². The Morgan fingerprint density at radius 2 is 1.91 bits per heavy atom. The van der Waals surface area contributed by atoms with Gasteiger partial charge in [0, 0.05) is 5.69 Å². The van der Waals surface area contributed by atoms with Crippen LogP contribution >= 0.6 is 11.3 Å². The number of carbonyl (C=O) groups is 1. The molecule has 0 spiro atoms. The summed E-state index contributed by atoms with van der Waals surface area (Å²) in [5.41, 5.74) is 8.41. The van der Waals surface area contributed by atoms with Gasteiger partial charge in [0.2, 0.25) is 11.1 Å². The topological polar surface area (TPSA) is 92.4 Å². The first-order valence-electron chi connectivity index (χ1n) is 6.94. The van der Waals surface area contributed by atoms with Crippen LogP contribution in [0.4, 0.5) is 15.6 Å². The average Bonchev–Trinajstić information content (AvgIpc) is 2.91. The Morgan fingerprint density at radius 3 is 2.65 bits per heavy atom. The lowest BCUT2D eigenvalue weighted by Gasteiger charge is -2.06. The lowest BCUT2D eigenvalue weighted by molar-refractivity contribution is 0.256. The molecule has 0 aliphatic carbocycles. The summed E-state index contributed by atoms with van der Waals surface area (Å²) < 4.78 is 1.02. The number of hydrogen-bond donors (Lipinski definition) is 3. The third kappa shape index (κ3) is 3.83. The van der Waals surface area contributed by atoms with Gasteiger partial charge in [-0.3, -0.25) is 5.32 Å². The largest absolute Gasteiger partial charge is 0.369 e. The molecule has 4 N–H and O–H groups in total. The molecule has 23 heavy (non-hydrogen) atoms. The van der Waals surface area contributed by atoms with Gasteiger partial charge in [-0.25, -0.2) is 9.78 Å². The number of hydrogen-bond acceptors (Lipinski definition) is 4. The highest BCUT2D eigenvalue weighted by atomic mass is 32.1. The lowest BCUT2D eigenvalue weighted by atomic mass is 10.2. The van der Waals surface area contributed by atoms with Crippen LogP contribution in [0, 0.1) is 6.92 Å². The number of aryl methyl sites for hydroxylation is 1. The Hall–Kier alpha value is -2.93. The molecule has 0 atom stereocenters. The van der Waals surface area contributed by atoms with Crippen LogP contribution in [-0.4, -0.2) is 17.0 Å². The first-order valence-corrected chi connectivity index (χ1v) is 7.76. The molecule has 1 heterocycles. The number of anilines is 1. The SMILES string of the molecule is Cc1ccc(NC(=O)N/C(N)=N/c2nc3ccccc3s2)cc1. The Kier molecular flexibility index (Phi) is 4.20. The van der Waals surface area contributed by atoms with Crippen molar-refractivity contribution in [3.8, 4) is 0 Å². The molecule has 3 aromatic rings. The maximum absolute atomic E-state index is 11.9. The van der Waals surface area contributed by atoms with E-state index >= 15 is 0 Å². The number of aliphatic imine (C=N–C) groups is 1. The third-order valence-corrected chi connectivity index (χ3v) is 3.98. The lowest BCUT2D eigenvalue weighted by Crippen LogP contribution is -2.39. The molecule has 6 nitrogen and oxygen atoms in total. The minimum absolute atomic E-state index is 0.00586. The number of carbonyl (C=O) groups excluding carboxylic acids is 1. The third-order valence-electron chi connectivity index (χ3n) is 3.05. The number of thiazole rings is 1. The van der Waals surface area contributed by atoms with Crippen LogP contribution in [0.5, 0.6) is 0 Å². The second-order valence-electron chi connectivity index (χ2n) is 4.91. The number of benzene rings is 2. The van der Waals surface area contributed by atoms with Gasteiger partial charge in [-0.05, 0) is 31.2 Å². The van der Waals surface area contributed by atoms with Crippen LogP contribution < -0.4 is 16.4 Å².